The van der Waals surface area contributed by atoms with Crippen molar-refractivity contribution < 1.29 is 4.79 Å². The van der Waals surface area contributed by atoms with Gasteiger partial charge in [-0.15, -0.1) is 5.10 Å². The zero-order chi connectivity index (χ0) is 18.1. The highest BCUT2D eigenvalue weighted by Crippen LogP contribution is 2.36. The summed E-state index contributed by atoms with van der Waals surface area (Å²) in [5.74, 6) is 0.694. The van der Waals surface area contributed by atoms with Crippen molar-refractivity contribution in [2.75, 3.05) is 16.9 Å². The molecule has 1 atom stereocenters. The van der Waals surface area contributed by atoms with Gasteiger partial charge in [0.05, 0.1) is 11.6 Å². The monoisotopic (exact) mass is 377 g/mol. The number of hydrogen-bond acceptors (Lipinski definition) is 5. The van der Waals surface area contributed by atoms with Crippen molar-refractivity contribution in [3.63, 3.8) is 0 Å². The Kier molecular flexibility index (Phi) is 5.06. The molecule has 0 aliphatic carbocycles. The van der Waals surface area contributed by atoms with E-state index < -0.39 is 0 Å². The average molecular weight is 378 g/mol. The Labute approximate surface area is 156 Å². The number of aromatic nitrogens is 3. The lowest BCUT2D eigenvalue weighted by Crippen LogP contribution is -2.33. The van der Waals surface area contributed by atoms with Gasteiger partial charge in [0.15, 0.2) is 0 Å². The van der Waals surface area contributed by atoms with E-state index in [9.17, 15) is 4.79 Å². The van der Waals surface area contributed by atoms with Crippen LogP contribution in [0.2, 0.25) is 5.02 Å². The molecule has 1 aliphatic rings. The quantitative estimate of drug-likeness (QED) is 0.781. The molecule has 25 heavy (non-hydrogen) atoms. The maximum absolute atomic E-state index is 13.0. The molecule has 0 bridgehead atoms. The number of amides is 1. The van der Waals surface area contributed by atoms with Gasteiger partial charge >= 0.3 is 0 Å². The van der Waals surface area contributed by atoms with Gasteiger partial charge in [-0.2, -0.15) is 4.98 Å². The number of hydrogen-bond donors (Lipinski definition) is 2. The molecule has 2 N–H and O–H groups in total. The Morgan fingerprint density at radius 3 is 2.64 bits per heavy atom. The first-order chi connectivity index (χ1) is 11.9. The highest BCUT2D eigenvalue weighted by atomic mass is 35.5. The summed E-state index contributed by atoms with van der Waals surface area (Å²) >= 11 is 7.38. The van der Waals surface area contributed by atoms with Gasteiger partial charge in [-0.1, -0.05) is 37.2 Å². The topological polar surface area (TPSA) is 71.8 Å². The lowest BCUT2D eigenvalue weighted by atomic mass is 9.92. The molecule has 2 heterocycles. The largest absolute Gasteiger partial charge is 0.328 e. The van der Waals surface area contributed by atoms with Crippen molar-refractivity contribution >= 4 is 40.9 Å². The second-order valence-electron chi connectivity index (χ2n) is 6.18. The van der Waals surface area contributed by atoms with Gasteiger partial charge in [-0.25, -0.2) is 4.68 Å². The second-order valence-corrected chi connectivity index (χ2v) is 7.39. The summed E-state index contributed by atoms with van der Waals surface area (Å²) in [4.78, 5) is 17.4. The average Bonchev–Trinajstić information content (AvgIpc) is 2.97. The van der Waals surface area contributed by atoms with E-state index in [0.717, 1.165) is 5.70 Å². The first kappa shape index (κ1) is 17.8. The number of nitrogens with one attached hydrogen (secondary N) is 2. The van der Waals surface area contributed by atoms with E-state index in [1.807, 2.05) is 13.2 Å². The molecule has 1 amide bonds. The summed E-state index contributed by atoms with van der Waals surface area (Å²) in [6.07, 6.45) is 1.93. The maximum atomic E-state index is 13.0. The van der Waals surface area contributed by atoms with E-state index in [1.165, 1.54) is 11.8 Å². The molecule has 3 rings (SSSR count). The Morgan fingerprint density at radius 2 is 2.04 bits per heavy atom. The SMILES string of the molecule is CSc1nc2n(n1)[C@H](C(C)C)C(C(=O)Nc1ccc(Cl)cc1)=C(C)N2. The van der Waals surface area contributed by atoms with Gasteiger partial charge < -0.3 is 10.6 Å². The second kappa shape index (κ2) is 7.09. The van der Waals surface area contributed by atoms with Crippen LogP contribution in [-0.4, -0.2) is 26.9 Å². The molecule has 0 saturated heterocycles. The normalized spacial score (nSPS) is 16.6. The first-order valence-corrected chi connectivity index (χ1v) is 9.56. The Hall–Kier alpha value is -1.99. The van der Waals surface area contributed by atoms with E-state index in [2.05, 4.69) is 34.6 Å². The zero-order valence-electron chi connectivity index (χ0n) is 14.5. The Morgan fingerprint density at radius 1 is 1.36 bits per heavy atom. The van der Waals surface area contributed by atoms with Gasteiger partial charge in [-0.3, -0.25) is 4.79 Å². The third kappa shape index (κ3) is 3.52. The summed E-state index contributed by atoms with van der Waals surface area (Å²) in [6, 6.07) is 6.87. The fourth-order valence-corrected chi connectivity index (χ4v) is 3.37. The Bertz CT molecular complexity index is 828. The number of fused-ring (bicyclic) bond motifs is 1. The van der Waals surface area contributed by atoms with Gasteiger partial charge in [0.25, 0.3) is 5.91 Å². The molecule has 0 radical (unpaired) electrons. The maximum Gasteiger partial charge on any atom is 0.255 e. The number of benzene rings is 1. The fraction of sp³-hybridized carbons (Fsp3) is 0.353. The van der Waals surface area contributed by atoms with Crippen LogP contribution < -0.4 is 10.6 Å². The minimum Gasteiger partial charge on any atom is -0.328 e. The first-order valence-electron chi connectivity index (χ1n) is 7.96. The number of thioether (sulfide) groups is 1. The highest BCUT2D eigenvalue weighted by molar-refractivity contribution is 7.98. The summed E-state index contributed by atoms with van der Waals surface area (Å²) in [5, 5.41) is 12.0. The van der Waals surface area contributed by atoms with Gasteiger partial charge in [0, 0.05) is 16.4 Å². The van der Waals surface area contributed by atoms with Gasteiger partial charge in [0.2, 0.25) is 11.1 Å². The van der Waals surface area contributed by atoms with Crippen LogP contribution in [0, 0.1) is 5.92 Å². The number of carbonyl (C=O) groups is 1. The fourth-order valence-electron chi connectivity index (χ4n) is 2.90. The van der Waals surface area contributed by atoms with Crippen LogP contribution in [0.3, 0.4) is 0 Å². The van der Waals surface area contributed by atoms with Crippen LogP contribution in [0.15, 0.2) is 40.7 Å². The van der Waals surface area contributed by atoms with Crippen molar-refractivity contribution in [2.45, 2.75) is 32.0 Å². The molecular weight excluding hydrogens is 358 g/mol. The standard InChI is InChI=1S/C17H20ClN5OS/c1-9(2)14-13(15(24)20-12-7-5-11(18)6-8-12)10(3)19-16-21-17(25-4)22-23(14)16/h5-9,14H,1-4H3,(H,20,24)(H,19,21,22)/t14-/m1/s1. The van der Waals surface area contributed by atoms with Crippen LogP contribution in [0.4, 0.5) is 11.6 Å². The van der Waals surface area contributed by atoms with Crippen molar-refractivity contribution in [2.24, 2.45) is 5.92 Å². The molecule has 0 fully saturated rings. The van der Waals surface area contributed by atoms with E-state index in [4.69, 9.17) is 11.6 Å². The van der Waals surface area contributed by atoms with Crippen LogP contribution in [0.5, 0.6) is 0 Å². The van der Waals surface area contributed by atoms with E-state index >= 15 is 0 Å². The summed E-state index contributed by atoms with van der Waals surface area (Å²) in [6.45, 7) is 6.04. The van der Waals surface area contributed by atoms with Crippen LogP contribution in [0.25, 0.3) is 0 Å². The number of rotatable bonds is 4. The van der Waals surface area contributed by atoms with Crippen molar-refractivity contribution in [3.05, 3.63) is 40.6 Å². The predicted molar refractivity (Wildman–Crippen MR) is 102 cm³/mol. The molecule has 0 spiro atoms. The predicted octanol–water partition coefficient (Wildman–Crippen LogP) is 4.19. The number of anilines is 2. The lowest BCUT2D eigenvalue weighted by Gasteiger charge is -2.30. The summed E-state index contributed by atoms with van der Waals surface area (Å²) < 4.78 is 1.81. The summed E-state index contributed by atoms with van der Waals surface area (Å²) in [7, 11) is 0. The molecular formula is C17H20ClN5OS. The molecule has 1 aromatic carbocycles. The zero-order valence-corrected chi connectivity index (χ0v) is 16.1. The van der Waals surface area contributed by atoms with Crippen molar-refractivity contribution in [3.8, 4) is 0 Å². The molecule has 6 nitrogen and oxygen atoms in total. The number of carbonyl (C=O) groups excluding carboxylic acids is 1. The minimum absolute atomic E-state index is 0.155. The third-order valence-electron chi connectivity index (χ3n) is 4.04. The van der Waals surface area contributed by atoms with Gasteiger partial charge in [0.1, 0.15) is 0 Å². The van der Waals surface area contributed by atoms with Gasteiger partial charge in [-0.05, 0) is 43.4 Å². The van der Waals surface area contributed by atoms with E-state index in [1.54, 1.807) is 28.9 Å². The molecule has 1 aromatic heterocycles. The molecule has 1 aliphatic heterocycles. The summed E-state index contributed by atoms with van der Waals surface area (Å²) in [5.41, 5.74) is 2.15. The van der Waals surface area contributed by atoms with Crippen LogP contribution in [-0.2, 0) is 4.79 Å². The minimum atomic E-state index is -0.183. The molecule has 132 valence electrons. The van der Waals surface area contributed by atoms with E-state index in [-0.39, 0.29) is 17.9 Å². The molecule has 2 aromatic rings. The third-order valence-corrected chi connectivity index (χ3v) is 4.83. The number of allylic oxidation sites excluding steroid dienone is 1. The molecule has 0 saturated carbocycles. The highest BCUT2D eigenvalue weighted by Gasteiger charge is 2.34. The molecule has 0 unspecified atom stereocenters. The van der Waals surface area contributed by atoms with Crippen molar-refractivity contribution in [1.29, 1.82) is 0 Å². The van der Waals surface area contributed by atoms with Crippen molar-refractivity contribution in [1.82, 2.24) is 14.8 Å². The Balaban J connectivity index is 1.94. The van der Waals surface area contributed by atoms with Crippen LogP contribution in [0.1, 0.15) is 26.8 Å². The number of nitrogens with zero attached hydrogens (tertiary/aromatic N) is 3. The molecule has 8 heteroatoms. The lowest BCUT2D eigenvalue weighted by molar-refractivity contribution is -0.113. The van der Waals surface area contributed by atoms with E-state index in [0.29, 0.717) is 27.4 Å². The smallest absolute Gasteiger partial charge is 0.255 e. The van der Waals surface area contributed by atoms with Crippen LogP contribution >= 0.6 is 23.4 Å². The number of halogens is 1.